The zero-order valence-electron chi connectivity index (χ0n) is 11.4. The molecule has 4 nitrogen and oxygen atoms in total. The fourth-order valence-corrected chi connectivity index (χ4v) is 2.26. The minimum absolute atomic E-state index is 0.0262. The topological polar surface area (TPSA) is 41.6 Å². The molecule has 0 saturated carbocycles. The maximum atomic E-state index is 12.3. The van der Waals surface area contributed by atoms with Crippen molar-refractivity contribution in [1.82, 2.24) is 10.2 Å². The minimum atomic E-state index is -4.72. The number of benzene rings is 1. The van der Waals surface area contributed by atoms with Crippen LogP contribution in [0.4, 0.5) is 13.2 Å². The molecule has 1 saturated heterocycles. The van der Waals surface area contributed by atoms with Gasteiger partial charge in [-0.3, -0.25) is 4.79 Å². The molecule has 1 aromatic rings. The van der Waals surface area contributed by atoms with Gasteiger partial charge in [0.05, 0.1) is 6.54 Å². The van der Waals surface area contributed by atoms with Gasteiger partial charge in [0, 0.05) is 25.2 Å². The van der Waals surface area contributed by atoms with E-state index < -0.39 is 6.36 Å². The van der Waals surface area contributed by atoms with Gasteiger partial charge in [-0.2, -0.15) is 0 Å². The summed E-state index contributed by atoms with van der Waals surface area (Å²) in [6, 6.07) is 5.89. The molecule has 0 aromatic heterocycles. The molecule has 21 heavy (non-hydrogen) atoms. The summed E-state index contributed by atoms with van der Waals surface area (Å²) in [6.07, 6.45) is -2.70. The highest BCUT2D eigenvalue weighted by Gasteiger charge is 2.31. The average molecular weight is 302 g/mol. The lowest BCUT2D eigenvalue weighted by atomic mass is 10.2. The van der Waals surface area contributed by atoms with Gasteiger partial charge >= 0.3 is 6.36 Å². The minimum Gasteiger partial charge on any atom is -0.405 e. The molecule has 1 N–H and O–H groups in total. The molecule has 1 aromatic carbocycles. The smallest absolute Gasteiger partial charge is 0.405 e. The lowest BCUT2D eigenvalue weighted by Gasteiger charge is -2.16. The van der Waals surface area contributed by atoms with Crippen LogP contribution in [0.1, 0.15) is 18.4 Å². The van der Waals surface area contributed by atoms with Gasteiger partial charge in [-0.1, -0.05) is 18.2 Å². The highest BCUT2D eigenvalue weighted by Crippen LogP contribution is 2.26. The van der Waals surface area contributed by atoms with E-state index in [2.05, 4.69) is 10.1 Å². The van der Waals surface area contributed by atoms with Crippen molar-refractivity contribution in [3.05, 3.63) is 29.8 Å². The summed E-state index contributed by atoms with van der Waals surface area (Å²) in [5, 5.41) is 2.87. The molecule has 1 fully saturated rings. The van der Waals surface area contributed by atoms with Crippen LogP contribution in [-0.4, -0.2) is 36.8 Å². The number of para-hydroxylation sites is 1. The molecular formula is C14H17F3N2O2. The Morgan fingerprint density at radius 1 is 1.24 bits per heavy atom. The van der Waals surface area contributed by atoms with Crippen molar-refractivity contribution in [3.63, 3.8) is 0 Å². The summed E-state index contributed by atoms with van der Waals surface area (Å²) < 4.78 is 40.8. The number of nitrogens with one attached hydrogen (secondary N) is 1. The second-order valence-corrected chi connectivity index (χ2v) is 4.85. The molecule has 0 unspecified atom stereocenters. The highest BCUT2D eigenvalue weighted by atomic mass is 19.4. The first kappa shape index (κ1) is 15.6. The van der Waals surface area contributed by atoms with Crippen LogP contribution in [0.2, 0.25) is 0 Å². The lowest BCUT2D eigenvalue weighted by Crippen LogP contribution is -2.36. The van der Waals surface area contributed by atoms with Crippen molar-refractivity contribution in [3.8, 4) is 5.75 Å². The van der Waals surface area contributed by atoms with Crippen LogP contribution in [0.25, 0.3) is 0 Å². The summed E-state index contributed by atoms with van der Waals surface area (Å²) in [4.78, 5) is 13.6. The number of likely N-dealkylation sites (tertiary alicyclic amines) is 1. The molecule has 1 heterocycles. The van der Waals surface area contributed by atoms with Crippen molar-refractivity contribution in [1.29, 1.82) is 0 Å². The number of carbonyl (C=O) groups excluding carboxylic acids is 1. The molecule has 0 spiro atoms. The van der Waals surface area contributed by atoms with Gasteiger partial charge < -0.3 is 15.0 Å². The third-order valence-corrected chi connectivity index (χ3v) is 3.25. The maximum Gasteiger partial charge on any atom is 0.573 e. The Labute approximate surface area is 120 Å². The van der Waals surface area contributed by atoms with Crippen molar-refractivity contribution < 1.29 is 22.7 Å². The van der Waals surface area contributed by atoms with E-state index in [1.54, 1.807) is 11.0 Å². The van der Waals surface area contributed by atoms with Gasteiger partial charge in [0.15, 0.2) is 0 Å². The summed E-state index contributed by atoms with van der Waals surface area (Å²) in [6.45, 7) is 1.77. The number of carbonyl (C=O) groups is 1. The predicted molar refractivity (Wildman–Crippen MR) is 70.6 cm³/mol. The van der Waals surface area contributed by atoms with E-state index in [9.17, 15) is 18.0 Å². The summed E-state index contributed by atoms with van der Waals surface area (Å²) in [7, 11) is 0. The number of alkyl halides is 3. The molecule has 2 rings (SSSR count). The molecule has 0 radical (unpaired) electrons. The lowest BCUT2D eigenvalue weighted by molar-refractivity contribution is -0.274. The molecule has 116 valence electrons. The fourth-order valence-electron chi connectivity index (χ4n) is 2.26. The predicted octanol–water partition coefficient (Wildman–Crippen LogP) is 2.30. The zero-order valence-corrected chi connectivity index (χ0v) is 11.4. The number of ether oxygens (including phenoxy) is 1. The van der Waals surface area contributed by atoms with E-state index in [4.69, 9.17) is 0 Å². The summed E-state index contributed by atoms with van der Waals surface area (Å²) in [5.41, 5.74) is 0.365. The highest BCUT2D eigenvalue weighted by molar-refractivity contribution is 5.78. The van der Waals surface area contributed by atoms with Crippen LogP contribution in [0.3, 0.4) is 0 Å². The van der Waals surface area contributed by atoms with E-state index >= 15 is 0 Å². The first-order valence-corrected chi connectivity index (χ1v) is 6.78. The summed E-state index contributed by atoms with van der Waals surface area (Å²) >= 11 is 0. The normalized spacial score (nSPS) is 15.3. The Kier molecular flexibility index (Phi) is 5.06. The molecule has 1 aliphatic rings. The molecule has 0 bridgehead atoms. The monoisotopic (exact) mass is 302 g/mol. The SMILES string of the molecule is O=C(CNCc1ccccc1OC(F)(F)F)N1CCCC1. The van der Waals surface area contributed by atoms with Crippen molar-refractivity contribution >= 4 is 5.91 Å². The number of hydrogen-bond acceptors (Lipinski definition) is 3. The van der Waals surface area contributed by atoms with E-state index in [1.807, 2.05) is 0 Å². The molecule has 1 amide bonds. The van der Waals surface area contributed by atoms with Crippen molar-refractivity contribution in [2.75, 3.05) is 19.6 Å². The number of hydrogen-bond donors (Lipinski definition) is 1. The van der Waals surface area contributed by atoms with Crippen LogP contribution in [-0.2, 0) is 11.3 Å². The van der Waals surface area contributed by atoms with E-state index in [0.29, 0.717) is 5.56 Å². The fraction of sp³-hybridized carbons (Fsp3) is 0.500. The Morgan fingerprint density at radius 2 is 1.90 bits per heavy atom. The molecule has 1 aliphatic heterocycles. The molecule has 0 atom stereocenters. The zero-order chi connectivity index (χ0) is 15.3. The number of rotatable bonds is 5. The second-order valence-electron chi connectivity index (χ2n) is 4.85. The van der Waals surface area contributed by atoms with Gasteiger partial charge in [0.1, 0.15) is 5.75 Å². The van der Waals surface area contributed by atoms with Gasteiger partial charge in [-0.15, -0.1) is 13.2 Å². The van der Waals surface area contributed by atoms with Crippen LogP contribution < -0.4 is 10.1 Å². The third kappa shape index (κ3) is 4.93. The largest absolute Gasteiger partial charge is 0.573 e. The first-order valence-electron chi connectivity index (χ1n) is 6.78. The van der Waals surface area contributed by atoms with Gasteiger partial charge in [-0.05, 0) is 18.9 Å². The summed E-state index contributed by atoms with van der Waals surface area (Å²) in [5.74, 6) is -0.271. The molecular weight excluding hydrogens is 285 g/mol. The van der Waals surface area contributed by atoms with Crippen LogP contribution in [0.15, 0.2) is 24.3 Å². The second kappa shape index (κ2) is 6.80. The average Bonchev–Trinajstić information content (AvgIpc) is 2.93. The Balaban J connectivity index is 1.86. The van der Waals surface area contributed by atoms with E-state index in [-0.39, 0.29) is 24.7 Å². The number of amides is 1. The van der Waals surface area contributed by atoms with E-state index in [0.717, 1.165) is 25.9 Å². The Morgan fingerprint density at radius 3 is 2.57 bits per heavy atom. The Hall–Kier alpha value is -1.76. The quantitative estimate of drug-likeness (QED) is 0.907. The van der Waals surface area contributed by atoms with Crippen molar-refractivity contribution in [2.45, 2.75) is 25.7 Å². The maximum absolute atomic E-state index is 12.3. The van der Waals surface area contributed by atoms with Crippen molar-refractivity contribution in [2.24, 2.45) is 0 Å². The number of halogens is 3. The van der Waals surface area contributed by atoms with Gasteiger partial charge in [0.25, 0.3) is 0 Å². The van der Waals surface area contributed by atoms with Gasteiger partial charge in [-0.25, -0.2) is 0 Å². The molecule has 0 aliphatic carbocycles. The standard InChI is InChI=1S/C14H17F3N2O2/c15-14(16,17)21-12-6-2-1-5-11(12)9-18-10-13(20)19-7-3-4-8-19/h1-2,5-6,18H,3-4,7-10H2. The number of nitrogens with zero attached hydrogens (tertiary/aromatic N) is 1. The van der Waals surface area contributed by atoms with Gasteiger partial charge in [0.2, 0.25) is 5.91 Å². The van der Waals surface area contributed by atoms with E-state index in [1.165, 1.54) is 18.2 Å². The van der Waals surface area contributed by atoms with Crippen LogP contribution >= 0.6 is 0 Å². The molecule has 7 heteroatoms. The third-order valence-electron chi connectivity index (χ3n) is 3.25. The van der Waals surface area contributed by atoms with Crippen LogP contribution in [0, 0.1) is 0 Å². The van der Waals surface area contributed by atoms with Crippen LogP contribution in [0.5, 0.6) is 5.75 Å². The Bertz CT molecular complexity index is 485. The first-order chi connectivity index (χ1) is 9.96.